The zero-order chi connectivity index (χ0) is 5.21. The molecule has 0 aromatic carbocycles. The van der Waals surface area contributed by atoms with E-state index in [1.807, 2.05) is 0 Å². The van der Waals surface area contributed by atoms with Gasteiger partial charge < -0.3 is 14.4 Å². The summed E-state index contributed by atoms with van der Waals surface area (Å²) in [4.78, 5) is 23.2. The van der Waals surface area contributed by atoms with Crippen LogP contribution in [-0.4, -0.2) is 23.4 Å². The highest BCUT2D eigenvalue weighted by molar-refractivity contribution is 6.48. The Hall–Kier alpha value is 0.0169. The molecule has 0 aliphatic rings. The average Bonchev–Trinajstić information content (AvgIpc) is 1.35. The van der Waals surface area contributed by atoms with E-state index in [2.05, 4.69) is 10.4 Å². The van der Waals surface area contributed by atoms with Crippen LogP contribution in [-0.2, 0) is 4.53 Å². The predicted octanol–water partition coefficient (Wildman–Crippen LogP) is -2.71. The van der Waals surface area contributed by atoms with E-state index in [0.29, 0.717) is 0 Å². The molecule has 0 bridgehead atoms. The third kappa shape index (κ3) is 4.02. The van der Waals surface area contributed by atoms with Crippen LogP contribution in [0.2, 0.25) is 0 Å². The van der Waals surface area contributed by atoms with E-state index in [4.69, 9.17) is 14.4 Å². The Morgan fingerprint density at radius 1 is 1.33 bits per heavy atom. The second-order valence-electron chi connectivity index (χ2n) is 0.692. The number of rotatable bonds is 1. The molecule has 0 aliphatic carbocycles. The van der Waals surface area contributed by atoms with E-state index in [-0.39, 0.29) is 0 Å². The Balaban J connectivity index is 3.17. The number of hydrogen-bond acceptors (Lipinski definition) is 5. The van der Waals surface area contributed by atoms with Crippen molar-refractivity contribution < 1.29 is 18.9 Å². The molecule has 0 rings (SSSR count). The van der Waals surface area contributed by atoms with Crippen molar-refractivity contribution in [1.29, 1.82) is 0 Å². The second-order valence-corrected chi connectivity index (χ2v) is 2.08. The van der Waals surface area contributed by atoms with Gasteiger partial charge in [-0.2, -0.15) is 0 Å². The summed E-state index contributed by atoms with van der Waals surface area (Å²) in [6.45, 7) is 0. The van der Waals surface area contributed by atoms with Crippen LogP contribution in [0.1, 0.15) is 0 Å². The molecule has 0 saturated heterocycles. The lowest BCUT2D eigenvalue weighted by molar-refractivity contribution is 0.0634. The maximum absolute atomic E-state index is 7.73. The maximum atomic E-state index is 7.73. The van der Waals surface area contributed by atoms with Gasteiger partial charge in [0.15, 0.2) is 0 Å². The summed E-state index contributed by atoms with van der Waals surface area (Å²) < 4.78 is 3.24. The fourth-order valence-electron chi connectivity index (χ4n) is 0. The summed E-state index contributed by atoms with van der Waals surface area (Å²) >= 11 is 0. The van der Waals surface area contributed by atoms with Crippen LogP contribution in [0.3, 0.4) is 0 Å². The van der Waals surface area contributed by atoms with E-state index in [1.54, 1.807) is 0 Å². The van der Waals surface area contributed by atoms with Crippen molar-refractivity contribution in [2.75, 3.05) is 0 Å². The van der Waals surface area contributed by atoms with Gasteiger partial charge in [0, 0.05) is 0 Å². The van der Waals surface area contributed by atoms with E-state index in [9.17, 15) is 0 Å². The van der Waals surface area contributed by atoms with E-state index in [1.165, 1.54) is 0 Å². The van der Waals surface area contributed by atoms with Crippen molar-refractivity contribution in [3.8, 4) is 0 Å². The summed E-state index contributed by atoms with van der Waals surface area (Å²) in [5.74, 6) is 4.12. The van der Waals surface area contributed by atoms with E-state index < -0.39 is 9.05 Å². The molecule has 0 atom stereocenters. The first-order chi connectivity index (χ1) is 2.56. The quantitative estimate of drug-likeness (QED) is 0.218. The summed E-state index contributed by atoms with van der Waals surface area (Å²) in [7, 11) is -4.35. The highest BCUT2D eigenvalue weighted by Crippen LogP contribution is 1.76. The molecule has 0 aromatic heterocycles. The van der Waals surface area contributed by atoms with Crippen molar-refractivity contribution in [2.24, 2.45) is 5.90 Å². The minimum Gasteiger partial charge on any atom is -0.367 e. The van der Waals surface area contributed by atoms with Crippen molar-refractivity contribution in [1.82, 2.24) is 0 Å². The van der Waals surface area contributed by atoms with Gasteiger partial charge in [0.05, 0.1) is 0 Å². The third-order valence-corrected chi connectivity index (χ3v) is 0.474. The molecular weight excluding hydrogens is 106 g/mol. The zero-order valence-electron chi connectivity index (χ0n) is 2.83. The van der Waals surface area contributed by atoms with Gasteiger partial charge in [-0.05, 0) is 0 Å². The van der Waals surface area contributed by atoms with Crippen molar-refractivity contribution >= 4 is 9.05 Å². The molecule has 0 saturated carbocycles. The fourth-order valence-corrected chi connectivity index (χ4v) is 0. The first-order valence-corrected chi connectivity index (χ1v) is 2.86. The standard InChI is InChI=1S/H5NO4Si/c1-5-6(2,3)4/h2-4H,1H2. The third-order valence-electron chi connectivity index (χ3n) is 0.158. The largest absolute Gasteiger partial charge is 0.688 e. The fraction of sp³-hybridized carbons (Fsp3) is 0. The molecule has 5 nitrogen and oxygen atoms in total. The summed E-state index contributed by atoms with van der Waals surface area (Å²) in [5, 5.41) is 0. The first kappa shape index (κ1) is 6.02. The average molecular weight is 111 g/mol. The van der Waals surface area contributed by atoms with Gasteiger partial charge >= 0.3 is 9.05 Å². The van der Waals surface area contributed by atoms with Gasteiger partial charge in [-0.25, -0.2) is 5.90 Å². The Kier molecular flexibility index (Phi) is 1.65. The maximum Gasteiger partial charge on any atom is 0.688 e. The molecule has 0 fully saturated rings. The van der Waals surface area contributed by atoms with Crippen LogP contribution < -0.4 is 5.90 Å². The lowest BCUT2D eigenvalue weighted by Crippen LogP contribution is -2.41. The van der Waals surface area contributed by atoms with Gasteiger partial charge in [0.25, 0.3) is 0 Å². The molecule has 0 aliphatic heterocycles. The van der Waals surface area contributed by atoms with Crippen LogP contribution in [0.25, 0.3) is 0 Å². The molecule has 0 unspecified atom stereocenters. The lowest BCUT2D eigenvalue weighted by Gasteiger charge is -2.00. The summed E-state index contributed by atoms with van der Waals surface area (Å²) in [6, 6.07) is 0. The Morgan fingerprint density at radius 2 is 1.50 bits per heavy atom. The molecule has 6 heteroatoms. The zero-order valence-corrected chi connectivity index (χ0v) is 3.83. The Morgan fingerprint density at radius 3 is 1.50 bits per heavy atom. The molecular formula is H5NO4Si. The van der Waals surface area contributed by atoms with Crippen LogP contribution >= 0.6 is 0 Å². The molecule has 0 amide bonds. The van der Waals surface area contributed by atoms with Crippen molar-refractivity contribution in [2.45, 2.75) is 0 Å². The van der Waals surface area contributed by atoms with Crippen molar-refractivity contribution in [3.05, 3.63) is 0 Å². The van der Waals surface area contributed by atoms with E-state index in [0.717, 1.165) is 0 Å². The molecule has 0 spiro atoms. The van der Waals surface area contributed by atoms with Gasteiger partial charge in [0.2, 0.25) is 0 Å². The van der Waals surface area contributed by atoms with Gasteiger partial charge in [-0.15, -0.1) is 0 Å². The second kappa shape index (κ2) is 1.64. The smallest absolute Gasteiger partial charge is 0.367 e. The number of nitrogens with two attached hydrogens (primary N) is 1. The molecule has 38 valence electrons. The van der Waals surface area contributed by atoms with Crippen molar-refractivity contribution in [3.63, 3.8) is 0 Å². The SMILES string of the molecule is NO[Si](O)(O)O. The molecule has 5 N–H and O–H groups in total. The molecule has 0 radical (unpaired) electrons. The highest BCUT2D eigenvalue weighted by atomic mass is 28.4. The van der Waals surface area contributed by atoms with Crippen LogP contribution in [0.5, 0.6) is 0 Å². The minimum absolute atomic E-state index is 3.24. The summed E-state index contributed by atoms with van der Waals surface area (Å²) in [5.41, 5.74) is 0. The predicted molar refractivity (Wildman–Crippen MR) is 17.7 cm³/mol. The van der Waals surface area contributed by atoms with Gasteiger partial charge in [-0.3, -0.25) is 4.53 Å². The summed E-state index contributed by atoms with van der Waals surface area (Å²) in [6.07, 6.45) is 0. The number of hydrogen-bond donors (Lipinski definition) is 4. The monoisotopic (exact) mass is 111 g/mol. The Bertz CT molecular complexity index is 37.3. The molecule has 6 heavy (non-hydrogen) atoms. The molecule has 0 heterocycles. The lowest BCUT2D eigenvalue weighted by atomic mass is 13.6. The van der Waals surface area contributed by atoms with E-state index >= 15 is 0 Å². The Labute approximate surface area is 35.0 Å². The highest BCUT2D eigenvalue weighted by Gasteiger charge is 2.29. The van der Waals surface area contributed by atoms with Crippen LogP contribution in [0.15, 0.2) is 0 Å². The van der Waals surface area contributed by atoms with Gasteiger partial charge in [0.1, 0.15) is 0 Å². The van der Waals surface area contributed by atoms with Gasteiger partial charge in [-0.1, -0.05) is 0 Å². The minimum atomic E-state index is -4.35. The van der Waals surface area contributed by atoms with Crippen LogP contribution in [0.4, 0.5) is 0 Å². The van der Waals surface area contributed by atoms with Crippen LogP contribution in [0, 0.1) is 0 Å². The normalized spacial score (nSPS) is 12.0. The topological polar surface area (TPSA) is 95.9 Å². The first-order valence-electron chi connectivity index (χ1n) is 1.11. The molecule has 0 aromatic rings.